The average Bonchev–Trinajstić information content (AvgIpc) is 2.89. The van der Waals surface area contributed by atoms with Crippen LogP contribution in [0, 0.1) is 0 Å². The fourth-order valence-electron chi connectivity index (χ4n) is 2.10. The van der Waals surface area contributed by atoms with Crippen molar-refractivity contribution >= 4 is 34.1 Å². The van der Waals surface area contributed by atoms with E-state index in [4.69, 9.17) is 0 Å². The number of carbonyl (C=O) groups excluding carboxylic acids is 1. The van der Waals surface area contributed by atoms with Gasteiger partial charge in [-0.3, -0.25) is 4.79 Å². The Bertz CT molecular complexity index is 410. The summed E-state index contributed by atoms with van der Waals surface area (Å²) in [7, 11) is 2.20. The molecule has 1 N–H and O–H groups in total. The highest BCUT2D eigenvalue weighted by atomic mass is 32.2. The quantitative estimate of drug-likeness (QED) is 0.663. The van der Waals surface area contributed by atoms with Gasteiger partial charge in [0.25, 0.3) is 0 Å². The molecule has 0 spiro atoms. The molecule has 0 bridgehead atoms. The van der Waals surface area contributed by atoms with Crippen molar-refractivity contribution in [2.45, 2.75) is 36.6 Å². The van der Waals surface area contributed by atoms with Gasteiger partial charge in [0, 0.05) is 18.7 Å². The lowest BCUT2D eigenvalue weighted by Gasteiger charge is -2.18. The summed E-state index contributed by atoms with van der Waals surface area (Å²) in [5.74, 6) is 0.958. The Morgan fingerprint density at radius 2 is 2.44 bits per heavy atom. The summed E-state index contributed by atoms with van der Waals surface area (Å²) in [6.45, 7) is 2.70. The molecule has 100 valence electrons. The van der Waals surface area contributed by atoms with Crippen LogP contribution in [-0.4, -0.2) is 46.4 Å². The topological polar surface area (TPSA) is 58.1 Å². The Labute approximate surface area is 115 Å². The van der Waals surface area contributed by atoms with Crippen molar-refractivity contribution in [1.82, 2.24) is 15.1 Å². The SMILES string of the molecule is CC(=O)Nc1nnc(SCC[C@H]2CCCN2C)s1. The van der Waals surface area contributed by atoms with E-state index in [1.165, 1.54) is 44.1 Å². The van der Waals surface area contributed by atoms with Gasteiger partial charge in [-0.2, -0.15) is 0 Å². The molecule has 0 saturated carbocycles. The number of anilines is 1. The maximum Gasteiger partial charge on any atom is 0.223 e. The van der Waals surface area contributed by atoms with Crippen LogP contribution in [0.4, 0.5) is 5.13 Å². The lowest BCUT2D eigenvalue weighted by atomic mass is 10.2. The van der Waals surface area contributed by atoms with Crippen molar-refractivity contribution in [3.63, 3.8) is 0 Å². The first-order valence-corrected chi connectivity index (χ1v) is 7.89. The van der Waals surface area contributed by atoms with Crippen LogP contribution in [0.1, 0.15) is 26.2 Å². The third-order valence-corrected chi connectivity index (χ3v) is 5.04. The van der Waals surface area contributed by atoms with Gasteiger partial charge in [0.1, 0.15) is 0 Å². The first-order valence-electron chi connectivity index (χ1n) is 6.09. The number of amides is 1. The van der Waals surface area contributed by atoms with E-state index in [0.717, 1.165) is 16.1 Å². The van der Waals surface area contributed by atoms with E-state index in [0.29, 0.717) is 5.13 Å². The minimum absolute atomic E-state index is 0.102. The number of aromatic nitrogens is 2. The van der Waals surface area contributed by atoms with E-state index in [1.807, 2.05) is 0 Å². The lowest BCUT2D eigenvalue weighted by molar-refractivity contribution is -0.114. The Morgan fingerprint density at radius 3 is 3.11 bits per heavy atom. The molecular weight excluding hydrogens is 268 g/mol. The normalized spacial score (nSPS) is 20.2. The number of rotatable bonds is 5. The van der Waals surface area contributed by atoms with E-state index in [-0.39, 0.29) is 5.91 Å². The fourth-order valence-corrected chi connectivity index (χ4v) is 4.00. The third-order valence-electron chi connectivity index (χ3n) is 3.04. The van der Waals surface area contributed by atoms with Crippen LogP contribution in [0.2, 0.25) is 0 Å². The minimum Gasteiger partial charge on any atom is -0.303 e. The summed E-state index contributed by atoms with van der Waals surface area (Å²) in [5, 5.41) is 11.2. The van der Waals surface area contributed by atoms with Gasteiger partial charge >= 0.3 is 0 Å². The molecule has 2 rings (SSSR count). The number of nitrogens with zero attached hydrogens (tertiary/aromatic N) is 3. The van der Waals surface area contributed by atoms with Gasteiger partial charge < -0.3 is 10.2 Å². The highest BCUT2D eigenvalue weighted by Crippen LogP contribution is 2.28. The van der Waals surface area contributed by atoms with Gasteiger partial charge in [0.15, 0.2) is 4.34 Å². The summed E-state index contributed by atoms with van der Waals surface area (Å²) in [6, 6.07) is 0.722. The van der Waals surface area contributed by atoms with Gasteiger partial charge in [0.2, 0.25) is 11.0 Å². The van der Waals surface area contributed by atoms with Gasteiger partial charge in [-0.1, -0.05) is 23.1 Å². The van der Waals surface area contributed by atoms with E-state index in [1.54, 1.807) is 11.8 Å². The number of thioether (sulfide) groups is 1. The molecule has 5 nitrogen and oxygen atoms in total. The Balaban J connectivity index is 1.73. The van der Waals surface area contributed by atoms with E-state index >= 15 is 0 Å². The minimum atomic E-state index is -0.102. The molecule has 0 aromatic carbocycles. The maximum absolute atomic E-state index is 10.9. The lowest BCUT2D eigenvalue weighted by Crippen LogP contribution is -2.25. The predicted molar refractivity (Wildman–Crippen MR) is 75.2 cm³/mol. The summed E-state index contributed by atoms with van der Waals surface area (Å²) < 4.78 is 0.930. The van der Waals surface area contributed by atoms with E-state index < -0.39 is 0 Å². The van der Waals surface area contributed by atoms with E-state index in [2.05, 4.69) is 27.5 Å². The van der Waals surface area contributed by atoms with Gasteiger partial charge in [-0.25, -0.2) is 0 Å². The molecule has 1 fully saturated rings. The first-order chi connectivity index (χ1) is 8.65. The van der Waals surface area contributed by atoms with E-state index in [9.17, 15) is 4.79 Å². The summed E-state index contributed by atoms with van der Waals surface area (Å²) in [6.07, 6.45) is 3.82. The third kappa shape index (κ3) is 3.93. The van der Waals surface area contributed by atoms with Crippen molar-refractivity contribution in [1.29, 1.82) is 0 Å². The van der Waals surface area contributed by atoms with Crippen molar-refractivity contribution < 1.29 is 4.79 Å². The van der Waals surface area contributed by atoms with Crippen LogP contribution in [0.25, 0.3) is 0 Å². The highest BCUT2D eigenvalue weighted by molar-refractivity contribution is 8.01. The average molecular weight is 286 g/mol. The second-order valence-electron chi connectivity index (χ2n) is 4.47. The molecule has 18 heavy (non-hydrogen) atoms. The standard InChI is InChI=1S/C11H18N4OS2/c1-8(16)12-10-13-14-11(18-10)17-7-5-9-4-3-6-15(9)2/h9H,3-7H2,1-2H3,(H,12,13,16)/t9-/m1/s1. The smallest absolute Gasteiger partial charge is 0.223 e. The van der Waals surface area contributed by atoms with Crippen molar-refractivity contribution in [2.24, 2.45) is 0 Å². The number of nitrogens with one attached hydrogen (secondary N) is 1. The molecule has 2 heterocycles. The zero-order chi connectivity index (χ0) is 13.0. The molecule has 1 atom stereocenters. The van der Waals surface area contributed by atoms with Crippen LogP contribution >= 0.6 is 23.1 Å². The second kappa shape index (κ2) is 6.49. The molecule has 1 amide bonds. The van der Waals surface area contributed by atoms with Crippen molar-refractivity contribution in [2.75, 3.05) is 24.7 Å². The summed E-state index contributed by atoms with van der Waals surface area (Å²) in [4.78, 5) is 13.3. The molecule has 0 aliphatic carbocycles. The Morgan fingerprint density at radius 1 is 1.61 bits per heavy atom. The Hall–Kier alpha value is -0.660. The van der Waals surface area contributed by atoms with Crippen molar-refractivity contribution in [3.8, 4) is 0 Å². The fraction of sp³-hybridized carbons (Fsp3) is 0.727. The summed E-state index contributed by atoms with van der Waals surface area (Å²) in [5.41, 5.74) is 0. The van der Waals surface area contributed by atoms with Gasteiger partial charge in [0.05, 0.1) is 0 Å². The first kappa shape index (κ1) is 13.8. The molecule has 0 radical (unpaired) electrons. The van der Waals surface area contributed by atoms with Gasteiger partial charge in [-0.05, 0) is 32.9 Å². The number of likely N-dealkylation sites (tertiary alicyclic amines) is 1. The molecule has 7 heteroatoms. The van der Waals surface area contributed by atoms with Crippen LogP contribution in [-0.2, 0) is 4.79 Å². The maximum atomic E-state index is 10.9. The van der Waals surface area contributed by atoms with Crippen LogP contribution in [0.15, 0.2) is 4.34 Å². The largest absolute Gasteiger partial charge is 0.303 e. The molecule has 1 aliphatic heterocycles. The second-order valence-corrected chi connectivity index (χ2v) is 6.79. The predicted octanol–water partition coefficient (Wildman–Crippen LogP) is 2.07. The number of carbonyl (C=O) groups is 1. The molecule has 1 aromatic rings. The van der Waals surface area contributed by atoms with Crippen molar-refractivity contribution in [3.05, 3.63) is 0 Å². The van der Waals surface area contributed by atoms with Crippen LogP contribution in [0.3, 0.4) is 0 Å². The number of hydrogen-bond acceptors (Lipinski definition) is 6. The number of hydrogen-bond donors (Lipinski definition) is 1. The molecule has 0 unspecified atom stereocenters. The zero-order valence-corrected chi connectivity index (χ0v) is 12.3. The molecular formula is C11H18N4OS2. The molecule has 1 aromatic heterocycles. The molecule has 1 saturated heterocycles. The van der Waals surface area contributed by atoms with Crippen LogP contribution in [0.5, 0.6) is 0 Å². The summed E-state index contributed by atoms with van der Waals surface area (Å²) >= 11 is 3.16. The van der Waals surface area contributed by atoms with Gasteiger partial charge in [-0.15, -0.1) is 10.2 Å². The zero-order valence-electron chi connectivity index (χ0n) is 10.7. The monoisotopic (exact) mass is 286 g/mol. The molecule has 1 aliphatic rings. The van der Waals surface area contributed by atoms with Crippen LogP contribution < -0.4 is 5.32 Å². The Kier molecular flexibility index (Phi) is 4.96. The highest BCUT2D eigenvalue weighted by Gasteiger charge is 2.20.